The van der Waals surface area contributed by atoms with E-state index in [-0.39, 0.29) is 0 Å². The molecular weight excluding hydrogens is 437 g/mol. The number of H-pyrrole nitrogens is 1. The SMILES string of the molecule is FC(F)(F)c1cccc(N2CCN(CCc3ccc4nc(Cc5ccccc5)[nH]c4c3)CC2)c1. The number of rotatable bonds is 6. The lowest BCUT2D eigenvalue weighted by molar-refractivity contribution is -0.137. The van der Waals surface area contributed by atoms with Crippen LogP contribution in [0.5, 0.6) is 0 Å². The number of nitrogens with one attached hydrogen (secondary N) is 1. The molecule has 0 amide bonds. The van der Waals surface area contributed by atoms with Gasteiger partial charge >= 0.3 is 6.18 Å². The van der Waals surface area contributed by atoms with Gasteiger partial charge in [-0.1, -0.05) is 42.5 Å². The Morgan fingerprint density at radius 3 is 2.38 bits per heavy atom. The Bertz CT molecular complexity index is 1240. The van der Waals surface area contributed by atoms with E-state index < -0.39 is 11.7 Å². The second-order valence-corrected chi connectivity index (χ2v) is 8.82. The number of halogens is 3. The second-order valence-electron chi connectivity index (χ2n) is 8.82. The van der Waals surface area contributed by atoms with Gasteiger partial charge in [-0.3, -0.25) is 4.90 Å². The predicted molar refractivity (Wildman–Crippen MR) is 129 cm³/mol. The lowest BCUT2D eigenvalue weighted by Crippen LogP contribution is -2.47. The van der Waals surface area contributed by atoms with Gasteiger partial charge in [0, 0.05) is 44.8 Å². The molecule has 7 heteroatoms. The van der Waals surface area contributed by atoms with Crippen LogP contribution in [-0.4, -0.2) is 47.6 Å². The topological polar surface area (TPSA) is 35.2 Å². The number of fused-ring (bicyclic) bond motifs is 1. The van der Waals surface area contributed by atoms with Gasteiger partial charge in [0.1, 0.15) is 5.82 Å². The van der Waals surface area contributed by atoms with Gasteiger partial charge in [0.25, 0.3) is 0 Å². The van der Waals surface area contributed by atoms with E-state index in [1.807, 2.05) is 23.1 Å². The van der Waals surface area contributed by atoms with Crippen LogP contribution < -0.4 is 4.90 Å². The normalized spacial score (nSPS) is 15.2. The van der Waals surface area contributed by atoms with Crippen molar-refractivity contribution >= 4 is 16.7 Å². The third-order valence-corrected chi connectivity index (χ3v) is 6.44. The van der Waals surface area contributed by atoms with Crippen LogP contribution in [0.2, 0.25) is 0 Å². The van der Waals surface area contributed by atoms with E-state index in [0.29, 0.717) is 5.69 Å². The van der Waals surface area contributed by atoms with Crippen LogP contribution in [0.1, 0.15) is 22.5 Å². The average molecular weight is 465 g/mol. The highest BCUT2D eigenvalue weighted by atomic mass is 19.4. The molecule has 5 rings (SSSR count). The number of aromatic amines is 1. The summed E-state index contributed by atoms with van der Waals surface area (Å²) in [5.41, 5.74) is 4.56. The molecule has 4 aromatic rings. The number of nitrogens with zero attached hydrogens (tertiary/aromatic N) is 3. The molecule has 0 spiro atoms. The van der Waals surface area contributed by atoms with Gasteiger partial charge in [0.05, 0.1) is 16.6 Å². The summed E-state index contributed by atoms with van der Waals surface area (Å²) in [6, 6.07) is 22.3. The summed E-state index contributed by atoms with van der Waals surface area (Å²) in [5.74, 6) is 0.962. The number of anilines is 1. The quantitative estimate of drug-likeness (QED) is 0.407. The van der Waals surface area contributed by atoms with Crippen molar-refractivity contribution in [3.05, 3.63) is 95.3 Å². The van der Waals surface area contributed by atoms with Crippen molar-refractivity contribution in [2.45, 2.75) is 19.0 Å². The van der Waals surface area contributed by atoms with Gasteiger partial charge in [-0.15, -0.1) is 0 Å². The minimum atomic E-state index is -4.31. The Hall–Kier alpha value is -3.32. The van der Waals surface area contributed by atoms with Crippen molar-refractivity contribution in [2.75, 3.05) is 37.6 Å². The predicted octanol–water partition coefficient (Wildman–Crippen LogP) is 5.54. The molecule has 1 N–H and O–H groups in total. The van der Waals surface area contributed by atoms with Crippen LogP contribution in [0.15, 0.2) is 72.8 Å². The summed E-state index contributed by atoms with van der Waals surface area (Å²) in [5, 5.41) is 0. The molecule has 0 atom stereocenters. The zero-order valence-electron chi connectivity index (χ0n) is 18.9. The first-order chi connectivity index (χ1) is 16.4. The smallest absolute Gasteiger partial charge is 0.369 e. The monoisotopic (exact) mass is 464 g/mol. The minimum Gasteiger partial charge on any atom is -0.369 e. The number of benzene rings is 3. The Morgan fingerprint density at radius 1 is 0.824 bits per heavy atom. The highest BCUT2D eigenvalue weighted by Crippen LogP contribution is 2.32. The van der Waals surface area contributed by atoms with Crippen molar-refractivity contribution in [2.24, 2.45) is 0 Å². The summed E-state index contributed by atoms with van der Waals surface area (Å²) in [6.45, 7) is 4.05. The number of aromatic nitrogens is 2. The van der Waals surface area contributed by atoms with Crippen LogP contribution in [0.4, 0.5) is 18.9 Å². The lowest BCUT2D eigenvalue weighted by atomic mass is 10.1. The molecule has 2 heterocycles. The van der Waals surface area contributed by atoms with E-state index in [2.05, 4.69) is 40.2 Å². The first-order valence-electron chi connectivity index (χ1n) is 11.6. The van der Waals surface area contributed by atoms with Gasteiger partial charge in [0.2, 0.25) is 0 Å². The van der Waals surface area contributed by atoms with Crippen LogP contribution >= 0.6 is 0 Å². The fraction of sp³-hybridized carbons (Fsp3) is 0.296. The van der Waals surface area contributed by atoms with Crippen LogP contribution in [0, 0.1) is 0 Å². The van der Waals surface area contributed by atoms with Gasteiger partial charge in [-0.25, -0.2) is 4.98 Å². The minimum absolute atomic E-state index is 0.589. The highest BCUT2D eigenvalue weighted by molar-refractivity contribution is 5.76. The number of piperazine rings is 1. The van der Waals surface area contributed by atoms with Crippen molar-refractivity contribution in [1.82, 2.24) is 14.9 Å². The van der Waals surface area contributed by atoms with E-state index in [0.717, 1.165) is 68.5 Å². The third kappa shape index (κ3) is 5.25. The fourth-order valence-electron chi connectivity index (χ4n) is 4.53. The molecule has 1 aromatic heterocycles. The molecule has 0 radical (unpaired) electrons. The van der Waals surface area contributed by atoms with Gasteiger partial charge in [-0.05, 0) is 47.9 Å². The second kappa shape index (κ2) is 9.50. The Labute approximate surface area is 197 Å². The van der Waals surface area contributed by atoms with E-state index in [4.69, 9.17) is 4.98 Å². The molecule has 1 saturated heterocycles. The molecule has 0 bridgehead atoms. The van der Waals surface area contributed by atoms with Gasteiger partial charge in [0.15, 0.2) is 0 Å². The first-order valence-corrected chi connectivity index (χ1v) is 11.6. The Balaban J connectivity index is 1.16. The summed E-state index contributed by atoms with van der Waals surface area (Å²) in [4.78, 5) is 12.6. The van der Waals surface area contributed by atoms with Crippen LogP contribution in [-0.2, 0) is 19.0 Å². The molecule has 0 saturated carbocycles. The summed E-state index contributed by atoms with van der Waals surface area (Å²) < 4.78 is 39.1. The lowest BCUT2D eigenvalue weighted by Gasteiger charge is -2.36. The van der Waals surface area contributed by atoms with Crippen molar-refractivity contribution in [3.8, 4) is 0 Å². The van der Waals surface area contributed by atoms with Gasteiger partial charge in [-0.2, -0.15) is 13.2 Å². The zero-order chi connectivity index (χ0) is 23.5. The molecule has 1 aliphatic rings. The molecule has 1 aliphatic heterocycles. The molecule has 4 nitrogen and oxygen atoms in total. The Kier molecular flexibility index (Phi) is 6.28. The molecule has 0 aliphatic carbocycles. The first kappa shape index (κ1) is 22.5. The summed E-state index contributed by atoms with van der Waals surface area (Å²) in [7, 11) is 0. The Morgan fingerprint density at radius 2 is 1.62 bits per heavy atom. The standard InChI is InChI=1S/C27H27F3N4/c28-27(29,30)22-7-4-8-23(19-22)34-15-13-33(14-16-34)12-11-21-9-10-24-25(17-21)32-26(31-24)18-20-5-2-1-3-6-20/h1-10,17,19H,11-16,18H2,(H,31,32). The molecule has 1 fully saturated rings. The number of alkyl halides is 3. The molecule has 176 valence electrons. The highest BCUT2D eigenvalue weighted by Gasteiger charge is 2.31. The number of imidazole rings is 1. The fourth-order valence-corrected chi connectivity index (χ4v) is 4.53. The van der Waals surface area contributed by atoms with Crippen molar-refractivity contribution in [1.29, 1.82) is 0 Å². The largest absolute Gasteiger partial charge is 0.416 e. The van der Waals surface area contributed by atoms with Gasteiger partial charge < -0.3 is 9.88 Å². The maximum atomic E-state index is 13.0. The molecule has 3 aromatic carbocycles. The van der Waals surface area contributed by atoms with Crippen molar-refractivity contribution in [3.63, 3.8) is 0 Å². The third-order valence-electron chi connectivity index (χ3n) is 6.44. The molecule has 0 unspecified atom stereocenters. The maximum Gasteiger partial charge on any atom is 0.416 e. The number of hydrogen-bond donors (Lipinski definition) is 1. The maximum absolute atomic E-state index is 13.0. The average Bonchev–Trinajstić information content (AvgIpc) is 3.25. The molecule has 34 heavy (non-hydrogen) atoms. The summed E-state index contributed by atoms with van der Waals surface area (Å²) in [6.07, 6.45) is -2.61. The zero-order valence-corrected chi connectivity index (χ0v) is 18.9. The number of hydrogen-bond acceptors (Lipinski definition) is 3. The van der Waals surface area contributed by atoms with E-state index >= 15 is 0 Å². The summed E-state index contributed by atoms with van der Waals surface area (Å²) >= 11 is 0. The van der Waals surface area contributed by atoms with Crippen LogP contribution in [0.3, 0.4) is 0 Å². The van der Waals surface area contributed by atoms with Crippen molar-refractivity contribution < 1.29 is 13.2 Å². The van der Waals surface area contributed by atoms with Crippen LogP contribution in [0.25, 0.3) is 11.0 Å². The van der Waals surface area contributed by atoms with E-state index in [1.165, 1.54) is 23.3 Å². The van der Waals surface area contributed by atoms with E-state index in [9.17, 15) is 13.2 Å². The van der Waals surface area contributed by atoms with E-state index in [1.54, 1.807) is 6.07 Å². The molecular formula is C27H27F3N4.